The molecule has 1 fully saturated rings. The highest BCUT2D eigenvalue weighted by Gasteiger charge is 2.27. The van der Waals surface area contributed by atoms with E-state index < -0.39 is 0 Å². The van der Waals surface area contributed by atoms with Gasteiger partial charge in [0, 0.05) is 37.5 Å². The first kappa shape index (κ1) is 19.9. The first-order valence-corrected chi connectivity index (χ1v) is 10.0. The molecule has 0 radical (unpaired) electrons. The molecular weight excluding hydrogens is 381 g/mol. The molecule has 1 saturated heterocycles. The summed E-state index contributed by atoms with van der Waals surface area (Å²) < 4.78 is 13.4. The van der Waals surface area contributed by atoms with Crippen LogP contribution in [0.2, 0.25) is 0 Å². The maximum absolute atomic E-state index is 13.4. The Balaban J connectivity index is 1.44. The molecule has 3 aromatic rings. The molecule has 30 heavy (non-hydrogen) atoms. The Morgan fingerprint density at radius 3 is 2.80 bits per heavy atom. The number of nitrogens with zero attached hydrogens (tertiary/aromatic N) is 4. The SMILES string of the molecule is Cc1cc(F)ccc1-c1ccc(N)c(CC(=O)N2CC[C@H](Cc3ncccn3)C2)n1. The molecule has 4 rings (SSSR count). The summed E-state index contributed by atoms with van der Waals surface area (Å²) >= 11 is 0. The number of halogens is 1. The largest absolute Gasteiger partial charge is 0.397 e. The fraction of sp³-hybridized carbons (Fsp3) is 0.304. The molecule has 0 saturated carbocycles. The summed E-state index contributed by atoms with van der Waals surface area (Å²) in [4.78, 5) is 27.9. The number of pyridine rings is 1. The van der Waals surface area contributed by atoms with Gasteiger partial charge < -0.3 is 10.6 Å². The third-order valence-electron chi connectivity index (χ3n) is 5.52. The van der Waals surface area contributed by atoms with E-state index in [0.717, 1.165) is 29.8 Å². The predicted molar refractivity (Wildman–Crippen MR) is 113 cm³/mol. The van der Waals surface area contributed by atoms with Crippen LogP contribution >= 0.6 is 0 Å². The third-order valence-corrected chi connectivity index (χ3v) is 5.52. The molecule has 0 bridgehead atoms. The van der Waals surface area contributed by atoms with E-state index in [-0.39, 0.29) is 18.1 Å². The number of aryl methyl sites for hydroxylation is 1. The number of likely N-dealkylation sites (tertiary alicyclic amines) is 1. The van der Waals surface area contributed by atoms with E-state index in [9.17, 15) is 9.18 Å². The van der Waals surface area contributed by atoms with Crippen molar-refractivity contribution in [3.05, 3.63) is 71.7 Å². The Hall–Kier alpha value is -3.35. The molecule has 154 valence electrons. The average Bonchev–Trinajstić information content (AvgIpc) is 3.19. The molecule has 1 aromatic carbocycles. The summed E-state index contributed by atoms with van der Waals surface area (Å²) in [6, 6.07) is 9.94. The highest BCUT2D eigenvalue weighted by Crippen LogP contribution is 2.26. The minimum absolute atomic E-state index is 0.0126. The molecule has 6 nitrogen and oxygen atoms in total. The van der Waals surface area contributed by atoms with E-state index in [1.54, 1.807) is 36.7 Å². The summed E-state index contributed by atoms with van der Waals surface area (Å²) in [6.07, 6.45) is 5.33. The molecule has 0 unspecified atom stereocenters. The van der Waals surface area contributed by atoms with Gasteiger partial charge in [0.1, 0.15) is 11.6 Å². The second-order valence-corrected chi connectivity index (χ2v) is 7.73. The van der Waals surface area contributed by atoms with E-state index >= 15 is 0 Å². The second-order valence-electron chi connectivity index (χ2n) is 7.73. The number of hydrogen-bond donors (Lipinski definition) is 1. The van der Waals surface area contributed by atoms with Crippen LogP contribution < -0.4 is 5.73 Å². The number of aromatic nitrogens is 3. The molecule has 3 heterocycles. The first-order chi connectivity index (χ1) is 14.5. The van der Waals surface area contributed by atoms with Crippen molar-refractivity contribution in [1.82, 2.24) is 19.9 Å². The molecule has 7 heteroatoms. The van der Waals surface area contributed by atoms with Gasteiger partial charge in [0.15, 0.2) is 0 Å². The minimum Gasteiger partial charge on any atom is -0.397 e. The molecule has 0 aliphatic carbocycles. The van der Waals surface area contributed by atoms with Gasteiger partial charge in [0.05, 0.1) is 23.5 Å². The Kier molecular flexibility index (Phi) is 5.70. The third kappa shape index (κ3) is 4.45. The Bertz CT molecular complexity index is 1060. The summed E-state index contributed by atoms with van der Waals surface area (Å²) in [6.45, 7) is 3.24. The average molecular weight is 405 g/mol. The Morgan fingerprint density at radius 2 is 2.03 bits per heavy atom. The van der Waals surface area contributed by atoms with E-state index in [2.05, 4.69) is 15.0 Å². The lowest BCUT2D eigenvalue weighted by molar-refractivity contribution is -0.129. The van der Waals surface area contributed by atoms with E-state index in [4.69, 9.17) is 5.73 Å². The molecule has 0 spiro atoms. The molecule has 2 aromatic heterocycles. The van der Waals surface area contributed by atoms with Gasteiger partial charge in [0.2, 0.25) is 5.91 Å². The van der Waals surface area contributed by atoms with Crippen LogP contribution in [0.25, 0.3) is 11.3 Å². The van der Waals surface area contributed by atoms with Gasteiger partial charge in [0.25, 0.3) is 0 Å². The van der Waals surface area contributed by atoms with Crippen LogP contribution in [-0.4, -0.2) is 38.8 Å². The fourth-order valence-corrected chi connectivity index (χ4v) is 3.89. The van der Waals surface area contributed by atoms with Gasteiger partial charge in [-0.1, -0.05) is 0 Å². The summed E-state index contributed by atoms with van der Waals surface area (Å²) in [5.74, 6) is 0.894. The van der Waals surface area contributed by atoms with Gasteiger partial charge in [-0.2, -0.15) is 0 Å². The summed E-state index contributed by atoms with van der Waals surface area (Å²) in [5, 5.41) is 0. The summed E-state index contributed by atoms with van der Waals surface area (Å²) in [7, 11) is 0. The van der Waals surface area contributed by atoms with Crippen LogP contribution in [0.3, 0.4) is 0 Å². The number of carbonyl (C=O) groups excluding carboxylic acids is 1. The smallest absolute Gasteiger partial charge is 0.228 e. The lowest BCUT2D eigenvalue weighted by atomic mass is 10.0. The number of hydrogen-bond acceptors (Lipinski definition) is 5. The van der Waals surface area contributed by atoms with Crippen LogP contribution in [-0.2, 0) is 17.6 Å². The second kappa shape index (κ2) is 8.57. The normalized spacial score (nSPS) is 16.1. The molecule has 1 aliphatic rings. The van der Waals surface area contributed by atoms with Crippen molar-refractivity contribution in [2.45, 2.75) is 26.2 Å². The number of nitrogen functional groups attached to an aromatic ring is 1. The van der Waals surface area contributed by atoms with Crippen LogP contribution in [0, 0.1) is 18.7 Å². The van der Waals surface area contributed by atoms with Crippen molar-refractivity contribution in [2.24, 2.45) is 5.92 Å². The van der Waals surface area contributed by atoms with Crippen molar-refractivity contribution in [3.8, 4) is 11.3 Å². The Morgan fingerprint density at radius 1 is 1.23 bits per heavy atom. The number of carbonyl (C=O) groups is 1. The molecule has 1 atom stereocenters. The van der Waals surface area contributed by atoms with Crippen molar-refractivity contribution in [1.29, 1.82) is 0 Å². The molecule has 2 N–H and O–H groups in total. The van der Waals surface area contributed by atoms with Crippen LogP contribution in [0.5, 0.6) is 0 Å². The molecule has 1 amide bonds. The number of nitrogens with two attached hydrogens (primary N) is 1. The van der Waals surface area contributed by atoms with Crippen LogP contribution in [0.15, 0.2) is 48.8 Å². The van der Waals surface area contributed by atoms with Crippen LogP contribution in [0.1, 0.15) is 23.5 Å². The fourth-order valence-electron chi connectivity index (χ4n) is 3.89. The zero-order valence-corrected chi connectivity index (χ0v) is 16.9. The number of benzene rings is 1. The zero-order chi connectivity index (χ0) is 21.1. The van der Waals surface area contributed by atoms with Crippen molar-refractivity contribution >= 4 is 11.6 Å². The van der Waals surface area contributed by atoms with Gasteiger partial charge in [-0.25, -0.2) is 14.4 Å². The quantitative estimate of drug-likeness (QED) is 0.705. The maximum atomic E-state index is 13.4. The summed E-state index contributed by atoms with van der Waals surface area (Å²) in [5.41, 5.74) is 9.43. The predicted octanol–water partition coefficient (Wildman–Crippen LogP) is 3.20. The number of anilines is 1. The van der Waals surface area contributed by atoms with Crippen molar-refractivity contribution in [3.63, 3.8) is 0 Å². The van der Waals surface area contributed by atoms with Gasteiger partial charge in [-0.3, -0.25) is 9.78 Å². The minimum atomic E-state index is -0.286. The zero-order valence-electron chi connectivity index (χ0n) is 16.9. The topological polar surface area (TPSA) is 85.0 Å². The monoisotopic (exact) mass is 405 g/mol. The maximum Gasteiger partial charge on any atom is 0.228 e. The lowest BCUT2D eigenvalue weighted by Crippen LogP contribution is -2.31. The van der Waals surface area contributed by atoms with Crippen LogP contribution in [0.4, 0.5) is 10.1 Å². The highest BCUT2D eigenvalue weighted by molar-refractivity contribution is 5.80. The lowest BCUT2D eigenvalue weighted by Gasteiger charge is -2.17. The number of amides is 1. The van der Waals surface area contributed by atoms with Gasteiger partial charge >= 0.3 is 0 Å². The van der Waals surface area contributed by atoms with Gasteiger partial charge in [-0.15, -0.1) is 0 Å². The van der Waals surface area contributed by atoms with E-state index in [1.165, 1.54) is 12.1 Å². The van der Waals surface area contributed by atoms with Crippen molar-refractivity contribution in [2.75, 3.05) is 18.8 Å². The van der Waals surface area contributed by atoms with E-state index in [1.807, 2.05) is 11.8 Å². The van der Waals surface area contributed by atoms with E-state index in [0.29, 0.717) is 36.1 Å². The Labute approximate surface area is 175 Å². The van der Waals surface area contributed by atoms with Gasteiger partial charge in [-0.05, 0) is 61.2 Å². The number of rotatable bonds is 5. The molecule has 1 aliphatic heterocycles. The standard InChI is InChI=1S/C23H24FN5O/c1-15-11-17(24)3-4-18(15)20-6-5-19(25)21(28-20)13-23(30)29-10-7-16(14-29)12-22-26-8-2-9-27-22/h2-6,8-9,11,16H,7,10,12-14,25H2,1H3/t16-/m1/s1. The van der Waals surface area contributed by atoms with Crippen molar-refractivity contribution < 1.29 is 9.18 Å². The molecular formula is C23H24FN5O. The first-order valence-electron chi connectivity index (χ1n) is 10.0. The highest BCUT2D eigenvalue weighted by atomic mass is 19.1.